The van der Waals surface area contributed by atoms with Gasteiger partial charge < -0.3 is 10.1 Å². The van der Waals surface area contributed by atoms with Crippen LogP contribution in [0.5, 0.6) is 0 Å². The molecule has 0 fully saturated rings. The van der Waals surface area contributed by atoms with Gasteiger partial charge in [-0.15, -0.1) is 11.8 Å². The molecule has 3 amide bonds. The van der Waals surface area contributed by atoms with Crippen molar-refractivity contribution in [2.24, 2.45) is 0 Å². The number of hydrogen-bond acceptors (Lipinski definition) is 5. The smallest absolute Gasteiger partial charge is 0.340 e. The maximum absolute atomic E-state index is 12.1. The van der Waals surface area contributed by atoms with Crippen molar-refractivity contribution < 1.29 is 19.1 Å². The van der Waals surface area contributed by atoms with E-state index in [2.05, 4.69) is 10.6 Å². The Balaban J connectivity index is 2.64. The Bertz CT molecular complexity index is 560. The summed E-state index contributed by atoms with van der Waals surface area (Å²) in [5.74, 6) is -1.27. The fourth-order valence-electron chi connectivity index (χ4n) is 1.60. The highest BCUT2D eigenvalue weighted by Crippen LogP contribution is 2.20. The van der Waals surface area contributed by atoms with Gasteiger partial charge in [0, 0.05) is 10.9 Å². The Morgan fingerprint density at radius 3 is 2.36 bits per heavy atom. The van der Waals surface area contributed by atoms with Crippen LogP contribution in [0.3, 0.4) is 0 Å². The molecular formula is C15H20N2O4S. The third kappa shape index (κ3) is 5.40. The van der Waals surface area contributed by atoms with E-state index < -0.39 is 24.0 Å². The molecule has 1 atom stereocenters. The Morgan fingerprint density at radius 1 is 1.14 bits per heavy atom. The number of rotatable bonds is 5. The minimum atomic E-state index is -1.07. The number of carbonyl (C=O) groups is 3. The molecule has 0 bridgehead atoms. The molecule has 7 heteroatoms. The Labute approximate surface area is 134 Å². The minimum absolute atomic E-state index is 0.0980. The van der Waals surface area contributed by atoms with Gasteiger partial charge in [0.15, 0.2) is 6.10 Å². The quantitative estimate of drug-likeness (QED) is 0.640. The lowest BCUT2D eigenvalue weighted by atomic mass is 10.2. The maximum atomic E-state index is 12.1. The zero-order valence-corrected chi connectivity index (χ0v) is 13.8. The summed E-state index contributed by atoms with van der Waals surface area (Å²) in [6, 6.07) is 6.24. The summed E-state index contributed by atoms with van der Waals surface area (Å²) in [5.41, 5.74) is 0.390. The second kappa shape index (κ2) is 8.43. The van der Waals surface area contributed by atoms with Crippen molar-refractivity contribution in [3.63, 3.8) is 0 Å². The lowest BCUT2D eigenvalue weighted by molar-refractivity contribution is -0.127. The maximum Gasteiger partial charge on any atom is 0.340 e. The summed E-state index contributed by atoms with van der Waals surface area (Å²) in [6.45, 7) is 4.96. The molecule has 0 aliphatic carbocycles. The van der Waals surface area contributed by atoms with E-state index in [1.54, 1.807) is 32.0 Å². The van der Waals surface area contributed by atoms with Gasteiger partial charge in [-0.3, -0.25) is 10.1 Å². The Morgan fingerprint density at radius 2 is 1.77 bits per heavy atom. The fraction of sp³-hybridized carbons (Fsp3) is 0.400. The Hall–Kier alpha value is -2.02. The summed E-state index contributed by atoms with van der Waals surface area (Å²) in [4.78, 5) is 36.1. The zero-order chi connectivity index (χ0) is 16.7. The molecule has 0 saturated carbocycles. The van der Waals surface area contributed by atoms with E-state index in [4.69, 9.17) is 4.74 Å². The zero-order valence-electron chi connectivity index (χ0n) is 13.0. The molecule has 1 aromatic rings. The first kappa shape index (κ1) is 18.0. The van der Waals surface area contributed by atoms with Crippen LogP contribution in [0.15, 0.2) is 29.2 Å². The highest BCUT2D eigenvalue weighted by molar-refractivity contribution is 7.98. The molecule has 6 nitrogen and oxygen atoms in total. The van der Waals surface area contributed by atoms with E-state index in [9.17, 15) is 14.4 Å². The number of esters is 1. The van der Waals surface area contributed by atoms with E-state index in [1.165, 1.54) is 18.7 Å². The second-order valence-electron chi connectivity index (χ2n) is 4.87. The number of hydrogen-bond donors (Lipinski definition) is 2. The highest BCUT2D eigenvalue weighted by atomic mass is 32.2. The minimum Gasteiger partial charge on any atom is -0.449 e. The molecule has 1 rings (SSSR count). The topological polar surface area (TPSA) is 84.5 Å². The van der Waals surface area contributed by atoms with Gasteiger partial charge in [0.25, 0.3) is 5.91 Å². The van der Waals surface area contributed by atoms with Crippen LogP contribution in [0.25, 0.3) is 0 Å². The van der Waals surface area contributed by atoms with Crippen LogP contribution in [0, 0.1) is 0 Å². The van der Waals surface area contributed by atoms with Crippen molar-refractivity contribution in [2.75, 3.05) is 6.26 Å². The van der Waals surface area contributed by atoms with Gasteiger partial charge in [-0.25, -0.2) is 9.59 Å². The number of urea groups is 1. The first-order chi connectivity index (χ1) is 10.3. The molecule has 0 aromatic heterocycles. The van der Waals surface area contributed by atoms with Crippen molar-refractivity contribution in [2.45, 2.75) is 37.8 Å². The van der Waals surface area contributed by atoms with Gasteiger partial charge >= 0.3 is 12.0 Å². The molecular weight excluding hydrogens is 304 g/mol. The SMILES string of the molecule is CSc1ccccc1C(=O)O[C@@H](C)C(=O)NC(=O)NC(C)C. The standard InChI is InChI=1S/C15H20N2O4S/c1-9(2)16-15(20)17-13(18)10(3)21-14(19)11-7-5-6-8-12(11)22-4/h5-10H,1-4H3,(H2,16,17,18,20)/t10-/m0/s1. The van der Waals surface area contributed by atoms with Gasteiger partial charge in [0.2, 0.25) is 0 Å². The lowest BCUT2D eigenvalue weighted by Crippen LogP contribution is -2.46. The monoisotopic (exact) mass is 324 g/mol. The number of thioether (sulfide) groups is 1. The summed E-state index contributed by atoms with van der Waals surface area (Å²) < 4.78 is 5.10. The number of benzene rings is 1. The third-order valence-electron chi connectivity index (χ3n) is 2.64. The van der Waals surface area contributed by atoms with Crippen LogP contribution >= 0.6 is 11.8 Å². The average molecular weight is 324 g/mol. The first-order valence-electron chi connectivity index (χ1n) is 6.80. The number of imide groups is 1. The van der Waals surface area contributed by atoms with Gasteiger partial charge in [-0.1, -0.05) is 12.1 Å². The van der Waals surface area contributed by atoms with Crippen molar-refractivity contribution in [1.29, 1.82) is 0 Å². The fourth-order valence-corrected chi connectivity index (χ4v) is 2.19. The Kier molecular flexibility index (Phi) is 6.91. The molecule has 0 unspecified atom stereocenters. The van der Waals surface area contributed by atoms with Crippen LogP contribution in [-0.4, -0.2) is 36.3 Å². The molecule has 0 aliphatic heterocycles. The largest absolute Gasteiger partial charge is 0.449 e. The van der Waals surface area contributed by atoms with Crippen molar-refractivity contribution in [1.82, 2.24) is 10.6 Å². The molecule has 0 saturated heterocycles. The van der Waals surface area contributed by atoms with Gasteiger partial charge in [-0.05, 0) is 39.2 Å². The summed E-state index contributed by atoms with van der Waals surface area (Å²) in [5, 5.41) is 4.64. The third-order valence-corrected chi connectivity index (χ3v) is 3.43. The number of carbonyl (C=O) groups excluding carboxylic acids is 3. The predicted molar refractivity (Wildman–Crippen MR) is 84.9 cm³/mol. The molecule has 22 heavy (non-hydrogen) atoms. The molecule has 120 valence electrons. The van der Waals surface area contributed by atoms with Crippen molar-refractivity contribution in [3.05, 3.63) is 29.8 Å². The lowest BCUT2D eigenvalue weighted by Gasteiger charge is -2.15. The number of amides is 3. The van der Waals surface area contributed by atoms with Crippen LogP contribution in [0.1, 0.15) is 31.1 Å². The molecule has 1 aromatic carbocycles. The van der Waals surface area contributed by atoms with E-state index >= 15 is 0 Å². The van der Waals surface area contributed by atoms with Crippen LogP contribution in [-0.2, 0) is 9.53 Å². The second-order valence-corrected chi connectivity index (χ2v) is 5.71. The summed E-state index contributed by atoms with van der Waals surface area (Å²) in [7, 11) is 0. The summed E-state index contributed by atoms with van der Waals surface area (Å²) in [6.07, 6.45) is 0.777. The van der Waals surface area contributed by atoms with Gasteiger partial charge in [-0.2, -0.15) is 0 Å². The van der Waals surface area contributed by atoms with E-state index in [0.717, 1.165) is 4.90 Å². The number of nitrogens with one attached hydrogen (secondary N) is 2. The number of ether oxygens (including phenoxy) is 1. The van der Waals surface area contributed by atoms with Crippen LogP contribution < -0.4 is 10.6 Å². The van der Waals surface area contributed by atoms with Crippen LogP contribution in [0.4, 0.5) is 4.79 Å². The average Bonchev–Trinajstić information content (AvgIpc) is 2.45. The van der Waals surface area contributed by atoms with Crippen molar-refractivity contribution >= 4 is 29.7 Å². The molecule has 0 radical (unpaired) electrons. The van der Waals surface area contributed by atoms with E-state index in [-0.39, 0.29) is 6.04 Å². The predicted octanol–water partition coefficient (Wildman–Crippen LogP) is 2.19. The van der Waals surface area contributed by atoms with E-state index in [0.29, 0.717) is 5.56 Å². The summed E-state index contributed by atoms with van der Waals surface area (Å²) >= 11 is 1.41. The molecule has 0 aliphatic rings. The van der Waals surface area contributed by atoms with Gasteiger partial charge in [0.1, 0.15) is 0 Å². The molecule has 0 heterocycles. The molecule has 2 N–H and O–H groups in total. The highest BCUT2D eigenvalue weighted by Gasteiger charge is 2.22. The normalized spacial score (nSPS) is 11.7. The first-order valence-corrected chi connectivity index (χ1v) is 8.03. The van der Waals surface area contributed by atoms with Crippen LogP contribution in [0.2, 0.25) is 0 Å². The van der Waals surface area contributed by atoms with Crippen molar-refractivity contribution in [3.8, 4) is 0 Å². The molecule has 0 spiro atoms. The van der Waals surface area contributed by atoms with E-state index in [1.807, 2.05) is 12.3 Å². The van der Waals surface area contributed by atoms with Gasteiger partial charge in [0.05, 0.1) is 5.56 Å².